The number of benzene rings is 1. The van der Waals surface area contributed by atoms with Crippen LogP contribution in [0.5, 0.6) is 5.75 Å². The fraction of sp³-hybridized carbons (Fsp3) is 0.250. The van der Waals surface area contributed by atoms with Gasteiger partial charge in [0.1, 0.15) is 5.75 Å². The molecule has 59 valence electrons. The fourth-order valence-electron chi connectivity index (χ4n) is 0.785. The van der Waals surface area contributed by atoms with Gasteiger partial charge in [-0.2, -0.15) is 0 Å². The summed E-state index contributed by atoms with van der Waals surface area (Å²) in [5.74, 6) is 0.207. The Morgan fingerprint density at radius 2 is 2.27 bits per heavy atom. The van der Waals surface area contributed by atoms with E-state index in [1.807, 2.05) is 0 Å². The van der Waals surface area contributed by atoms with Crippen LogP contribution in [-0.4, -0.2) is 7.11 Å². The van der Waals surface area contributed by atoms with Crippen molar-refractivity contribution in [1.82, 2.24) is 0 Å². The van der Waals surface area contributed by atoms with Crippen molar-refractivity contribution < 1.29 is 13.5 Å². The summed E-state index contributed by atoms with van der Waals surface area (Å²) >= 11 is 0. The zero-order chi connectivity index (χ0) is 8.27. The second-order valence-electron chi connectivity index (χ2n) is 1.97. The summed E-state index contributed by atoms with van der Waals surface area (Å²) in [6.07, 6.45) is -2.50. The molecule has 1 aromatic carbocycles. The average molecular weight is 157 g/mol. The molecule has 0 heterocycles. The predicted octanol–water partition coefficient (Wildman–Crippen LogP) is 2.43. The van der Waals surface area contributed by atoms with Gasteiger partial charge in [0.05, 0.1) is 12.7 Å². The van der Waals surface area contributed by atoms with Gasteiger partial charge in [-0.25, -0.2) is 8.78 Å². The number of hydrogen-bond donors (Lipinski definition) is 0. The van der Waals surface area contributed by atoms with E-state index in [1.165, 1.54) is 25.3 Å². The topological polar surface area (TPSA) is 9.23 Å². The molecule has 0 saturated carbocycles. The number of alkyl halides is 2. The van der Waals surface area contributed by atoms with E-state index < -0.39 is 6.43 Å². The van der Waals surface area contributed by atoms with Gasteiger partial charge in [-0.3, -0.25) is 0 Å². The van der Waals surface area contributed by atoms with E-state index in [0.717, 1.165) is 0 Å². The van der Waals surface area contributed by atoms with Gasteiger partial charge in [0.2, 0.25) is 0 Å². The first-order valence-electron chi connectivity index (χ1n) is 3.08. The lowest BCUT2D eigenvalue weighted by atomic mass is 10.2. The molecule has 1 radical (unpaired) electrons. The minimum Gasteiger partial charge on any atom is -0.496 e. The average Bonchev–Trinajstić information content (AvgIpc) is 2.04. The molecule has 0 amide bonds. The lowest BCUT2D eigenvalue weighted by Gasteiger charge is -2.05. The van der Waals surface area contributed by atoms with E-state index in [-0.39, 0.29) is 11.3 Å². The van der Waals surface area contributed by atoms with Crippen LogP contribution in [0.4, 0.5) is 8.78 Å². The first-order valence-corrected chi connectivity index (χ1v) is 3.08. The molecule has 1 rings (SSSR count). The van der Waals surface area contributed by atoms with Gasteiger partial charge in [-0.15, -0.1) is 0 Å². The zero-order valence-corrected chi connectivity index (χ0v) is 5.97. The van der Waals surface area contributed by atoms with Crippen LogP contribution in [0, 0.1) is 6.07 Å². The largest absolute Gasteiger partial charge is 0.496 e. The summed E-state index contributed by atoms with van der Waals surface area (Å²) in [4.78, 5) is 0. The Balaban J connectivity index is 3.02. The second kappa shape index (κ2) is 3.32. The highest BCUT2D eigenvalue weighted by Gasteiger charge is 2.11. The summed E-state index contributed by atoms with van der Waals surface area (Å²) in [6, 6.07) is 6.78. The van der Waals surface area contributed by atoms with Gasteiger partial charge in [-0.05, 0) is 18.2 Å². The molecule has 0 atom stereocenters. The summed E-state index contributed by atoms with van der Waals surface area (Å²) in [6.45, 7) is 0. The molecule has 0 aliphatic carbocycles. The highest BCUT2D eigenvalue weighted by molar-refractivity contribution is 5.33. The van der Waals surface area contributed by atoms with E-state index in [4.69, 9.17) is 4.74 Å². The Morgan fingerprint density at radius 1 is 1.55 bits per heavy atom. The zero-order valence-electron chi connectivity index (χ0n) is 5.97. The van der Waals surface area contributed by atoms with Gasteiger partial charge in [-0.1, -0.05) is 6.07 Å². The standard InChI is InChI=1S/C8H7F2O/c1-11-7-5-3-2-4-6(7)8(9)10/h3-5,8H,1H3. The number of halogens is 2. The minimum atomic E-state index is -2.50. The predicted molar refractivity (Wildman–Crippen MR) is 36.8 cm³/mol. The molecule has 3 heteroatoms. The quantitative estimate of drug-likeness (QED) is 0.640. The first kappa shape index (κ1) is 7.98. The smallest absolute Gasteiger partial charge is 0.267 e. The Labute approximate surface area is 63.6 Å². The van der Waals surface area contributed by atoms with Crippen molar-refractivity contribution in [2.45, 2.75) is 6.43 Å². The van der Waals surface area contributed by atoms with Crippen molar-refractivity contribution in [3.63, 3.8) is 0 Å². The molecule has 11 heavy (non-hydrogen) atoms. The molecule has 0 aliphatic rings. The highest BCUT2D eigenvalue weighted by atomic mass is 19.3. The number of ether oxygens (including phenoxy) is 1. The normalized spacial score (nSPS) is 10.2. The molecule has 0 spiro atoms. The summed E-state index contributed by atoms with van der Waals surface area (Å²) < 4.78 is 28.9. The maximum atomic E-state index is 12.1. The monoisotopic (exact) mass is 157 g/mol. The van der Waals surface area contributed by atoms with Crippen LogP contribution in [0.15, 0.2) is 18.2 Å². The minimum absolute atomic E-state index is 0.116. The molecule has 0 saturated heterocycles. The third-order valence-corrected chi connectivity index (χ3v) is 1.31. The number of rotatable bonds is 2. The molecule has 0 unspecified atom stereocenters. The number of hydrogen-bond acceptors (Lipinski definition) is 1. The first-order chi connectivity index (χ1) is 5.25. The van der Waals surface area contributed by atoms with E-state index in [1.54, 1.807) is 0 Å². The van der Waals surface area contributed by atoms with Crippen LogP contribution in [0.1, 0.15) is 12.0 Å². The molecular weight excluding hydrogens is 150 g/mol. The van der Waals surface area contributed by atoms with Crippen molar-refractivity contribution in [2.75, 3.05) is 7.11 Å². The van der Waals surface area contributed by atoms with Crippen LogP contribution in [0.25, 0.3) is 0 Å². The lowest BCUT2D eigenvalue weighted by Crippen LogP contribution is -1.90. The van der Waals surface area contributed by atoms with Gasteiger partial charge < -0.3 is 4.74 Å². The van der Waals surface area contributed by atoms with Crippen LogP contribution >= 0.6 is 0 Å². The van der Waals surface area contributed by atoms with E-state index >= 15 is 0 Å². The molecular formula is C8H7F2O. The Morgan fingerprint density at radius 3 is 2.73 bits per heavy atom. The SMILES string of the molecule is COc1cc[c]cc1C(F)F. The van der Waals surface area contributed by atoms with Crippen molar-refractivity contribution in [3.8, 4) is 5.75 Å². The van der Waals surface area contributed by atoms with Gasteiger partial charge in [0.25, 0.3) is 6.43 Å². The van der Waals surface area contributed by atoms with E-state index in [2.05, 4.69) is 6.07 Å². The van der Waals surface area contributed by atoms with E-state index in [0.29, 0.717) is 0 Å². The van der Waals surface area contributed by atoms with Crippen molar-refractivity contribution in [1.29, 1.82) is 0 Å². The molecule has 0 aromatic heterocycles. The molecule has 0 N–H and O–H groups in total. The molecule has 0 fully saturated rings. The fourth-order valence-corrected chi connectivity index (χ4v) is 0.785. The summed E-state index contributed by atoms with van der Waals surface area (Å²) in [5.41, 5.74) is -0.116. The lowest BCUT2D eigenvalue weighted by molar-refractivity contribution is 0.147. The van der Waals surface area contributed by atoms with E-state index in [9.17, 15) is 8.78 Å². The molecule has 1 nitrogen and oxygen atoms in total. The molecule has 1 aromatic rings. The number of methoxy groups -OCH3 is 1. The van der Waals surface area contributed by atoms with Crippen LogP contribution in [-0.2, 0) is 0 Å². The van der Waals surface area contributed by atoms with Gasteiger partial charge in [0.15, 0.2) is 0 Å². The molecule has 0 bridgehead atoms. The van der Waals surface area contributed by atoms with Crippen molar-refractivity contribution in [3.05, 3.63) is 29.8 Å². The Bertz CT molecular complexity index is 235. The summed E-state index contributed by atoms with van der Waals surface area (Å²) in [7, 11) is 1.36. The Kier molecular flexibility index (Phi) is 2.41. The summed E-state index contributed by atoms with van der Waals surface area (Å²) in [5, 5.41) is 0. The van der Waals surface area contributed by atoms with Crippen LogP contribution in [0.3, 0.4) is 0 Å². The maximum Gasteiger partial charge on any atom is 0.267 e. The van der Waals surface area contributed by atoms with Crippen LogP contribution < -0.4 is 4.74 Å². The molecule has 0 aliphatic heterocycles. The third kappa shape index (κ3) is 1.67. The van der Waals surface area contributed by atoms with Crippen molar-refractivity contribution in [2.24, 2.45) is 0 Å². The van der Waals surface area contributed by atoms with Crippen LogP contribution in [0.2, 0.25) is 0 Å². The maximum absolute atomic E-state index is 12.1. The van der Waals surface area contributed by atoms with Crippen molar-refractivity contribution >= 4 is 0 Å². The highest BCUT2D eigenvalue weighted by Crippen LogP contribution is 2.27. The van der Waals surface area contributed by atoms with Gasteiger partial charge >= 0.3 is 0 Å². The Hall–Kier alpha value is -1.12. The second-order valence-corrected chi connectivity index (χ2v) is 1.97. The van der Waals surface area contributed by atoms with Gasteiger partial charge in [0, 0.05) is 0 Å². The third-order valence-electron chi connectivity index (χ3n) is 1.31.